The number of rotatable bonds is 5. The highest BCUT2D eigenvalue weighted by atomic mass is 35.5. The van der Waals surface area contributed by atoms with Gasteiger partial charge in [-0.25, -0.2) is 9.82 Å². The number of hydrazone groups is 1. The van der Waals surface area contributed by atoms with Crippen LogP contribution in [0.25, 0.3) is 0 Å². The zero-order chi connectivity index (χ0) is 15.9. The highest BCUT2D eigenvalue weighted by Gasteiger charge is 2.03. The molecule has 0 aliphatic heterocycles. The normalized spacial score (nSPS) is 11.1. The highest BCUT2D eigenvalue weighted by Crippen LogP contribution is 2.12. The summed E-state index contributed by atoms with van der Waals surface area (Å²) in [5, 5.41) is 4.58. The number of benzene rings is 2. The lowest BCUT2D eigenvalue weighted by Gasteiger charge is -2.06. The van der Waals surface area contributed by atoms with Gasteiger partial charge in [-0.2, -0.15) is 5.10 Å². The van der Waals surface area contributed by atoms with Crippen LogP contribution in [-0.2, 0) is 4.79 Å². The van der Waals surface area contributed by atoms with Crippen molar-refractivity contribution in [1.29, 1.82) is 0 Å². The smallest absolute Gasteiger partial charge is 0.277 e. The highest BCUT2D eigenvalue weighted by molar-refractivity contribution is 6.31. The monoisotopic (exact) mass is 320 g/mol. The fourth-order valence-corrected chi connectivity index (χ4v) is 1.83. The van der Waals surface area contributed by atoms with Crippen LogP contribution in [0.3, 0.4) is 0 Å². The van der Waals surface area contributed by atoms with Gasteiger partial charge in [-0.15, -0.1) is 0 Å². The van der Waals surface area contributed by atoms with Gasteiger partial charge in [0.15, 0.2) is 6.61 Å². The average molecular weight is 321 g/mol. The molecule has 0 spiro atoms. The zero-order valence-corrected chi connectivity index (χ0v) is 12.6. The number of halogens is 2. The molecule has 2 aromatic rings. The second kappa shape index (κ2) is 7.56. The lowest BCUT2D eigenvalue weighted by molar-refractivity contribution is -0.123. The van der Waals surface area contributed by atoms with Crippen molar-refractivity contribution in [1.82, 2.24) is 5.43 Å². The minimum absolute atomic E-state index is 0.210. The fraction of sp³-hybridized carbons (Fsp3) is 0.125. The van der Waals surface area contributed by atoms with E-state index in [-0.39, 0.29) is 12.4 Å². The van der Waals surface area contributed by atoms with E-state index in [1.165, 1.54) is 24.3 Å². The molecule has 2 aromatic carbocycles. The van der Waals surface area contributed by atoms with Gasteiger partial charge >= 0.3 is 0 Å². The van der Waals surface area contributed by atoms with Crippen molar-refractivity contribution in [2.75, 3.05) is 6.61 Å². The topological polar surface area (TPSA) is 50.7 Å². The van der Waals surface area contributed by atoms with Crippen LogP contribution in [0.1, 0.15) is 12.5 Å². The Morgan fingerprint density at radius 2 is 2.00 bits per heavy atom. The molecule has 0 aromatic heterocycles. The first-order chi connectivity index (χ1) is 10.5. The SMILES string of the molecule is C/C(=N/NC(=O)COc1ccc(F)cc1)c1cccc(Cl)c1. The first-order valence-corrected chi connectivity index (χ1v) is 6.90. The quantitative estimate of drug-likeness (QED) is 0.678. The predicted octanol–water partition coefficient (Wildman–Crippen LogP) is 3.40. The van der Waals surface area contributed by atoms with Crippen molar-refractivity contribution in [2.45, 2.75) is 6.92 Å². The molecular weight excluding hydrogens is 307 g/mol. The van der Waals surface area contributed by atoms with E-state index in [0.717, 1.165) is 5.56 Å². The van der Waals surface area contributed by atoms with E-state index in [2.05, 4.69) is 10.5 Å². The van der Waals surface area contributed by atoms with Crippen molar-refractivity contribution in [3.8, 4) is 5.75 Å². The number of carbonyl (C=O) groups is 1. The summed E-state index contributed by atoms with van der Waals surface area (Å²) in [4.78, 5) is 11.6. The van der Waals surface area contributed by atoms with Crippen molar-refractivity contribution in [2.24, 2.45) is 5.10 Å². The summed E-state index contributed by atoms with van der Waals surface area (Å²) in [5.74, 6) is -0.364. The molecule has 0 atom stereocenters. The van der Waals surface area contributed by atoms with Crippen LogP contribution in [-0.4, -0.2) is 18.2 Å². The van der Waals surface area contributed by atoms with E-state index in [9.17, 15) is 9.18 Å². The van der Waals surface area contributed by atoms with Gasteiger partial charge in [-0.05, 0) is 48.9 Å². The summed E-state index contributed by atoms with van der Waals surface area (Å²) in [5.41, 5.74) is 3.82. The summed E-state index contributed by atoms with van der Waals surface area (Å²) in [6.45, 7) is 1.55. The van der Waals surface area contributed by atoms with E-state index in [1.54, 1.807) is 25.1 Å². The number of amides is 1. The Bertz CT molecular complexity index is 687. The molecule has 22 heavy (non-hydrogen) atoms. The molecule has 6 heteroatoms. The van der Waals surface area contributed by atoms with Gasteiger partial charge in [0.05, 0.1) is 5.71 Å². The molecule has 0 aliphatic rings. The molecule has 0 radical (unpaired) electrons. The summed E-state index contributed by atoms with van der Waals surface area (Å²) in [6, 6.07) is 12.6. The molecule has 2 rings (SSSR count). The molecule has 0 saturated carbocycles. The first kappa shape index (κ1) is 16.0. The maximum atomic E-state index is 12.7. The van der Waals surface area contributed by atoms with Gasteiger partial charge in [-0.3, -0.25) is 4.79 Å². The summed E-state index contributed by atoms with van der Waals surface area (Å²) in [6.07, 6.45) is 0. The van der Waals surface area contributed by atoms with E-state index in [4.69, 9.17) is 16.3 Å². The number of nitrogens with zero attached hydrogens (tertiary/aromatic N) is 1. The number of carbonyl (C=O) groups excluding carboxylic acids is 1. The lowest BCUT2D eigenvalue weighted by Crippen LogP contribution is -2.25. The third-order valence-electron chi connectivity index (χ3n) is 2.77. The first-order valence-electron chi connectivity index (χ1n) is 6.52. The molecule has 0 aliphatic carbocycles. The maximum absolute atomic E-state index is 12.7. The second-order valence-corrected chi connectivity index (χ2v) is 4.92. The Kier molecular flexibility index (Phi) is 5.49. The molecule has 0 saturated heterocycles. The Morgan fingerprint density at radius 1 is 1.27 bits per heavy atom. The van der Waals surface area contributed by atoms with Crippen molar-refractivity contribution < 1.29 is 13.9 Å². The van der Waals surface area contributed by atoms with Crippen molar-refractivity contribution >= 4 is 23.2 Å². The van der Waals surface area contributed by atoms with Gasteiger partial charge < -0.3 is 4.74 Å². The Labute approximate surface area is 132 Å². The van der Waals surface area contributed by atoms with Crippen LogP contribution in [0, 0.1) is 5.82 Å². The molecule has 4 nitrogen and oxygen atoms in total. The van der Waals surface area contributed by atoms with E-state index >= 15 is 0 Å². The van der Waals surface area contributed by atoms with Gasteiger partial charge in [-0.1, -0.05) is 23.7 Å². The standard InChI is InChI=1S/C16H14ClFN2O2/c1-11(12-3-2-4-13(17)9-12)19-20-16(21)10-22-15-7-5-14(18)6-8-15/h2-9H,10H2,1H3,(H,20,21)/b19-11-. The molecular formula is C16H14ClFN2O2. The molecule has 0 bridgehead atoms. The minimum Gasteiger partial charge on any atom is -0.484 e. The predicted molar refractivity (Wildman–Crippen MR) is 83.7 cm³/mol. The number of hydrogen-bond donors (Lipinski definition) is 1. The van der Waals surface area contributed by atoms with Crippen molar-refractivity contribution in [3.05, 3.63) is 64.9 Å². The number of ether oxygens (including phenoxy) is 1. The van der Waals surface area contributed by atoms with Gasteiger partial charge in [0.2, 0.25) is 0 Å². The average Bonchev–Trinajstić information content (AvgIpc) is 2.52. The van der Waals surface area contributed by atoms with Crippen LogP contribution in [0.5, 0.6) is 5.75 Å². The minimum atomic E-state index is -0.411. The second-order valence-electron chi connectivity index (χ2n) is 4.49. The van der Waals surface area contributed by atoms with E-state index < -0.39 is 5.91 Å². The van der Waals surface area contributed by atoms with E-state index in [1.807, 2.05) is 6.07 Å². The Balaban J connectivity index is 1.86. The zero-order valence-electron chi connectivity index (χ0n) is 11.8. The van der Waals surface area contributed by atoms with Gasteiger partial charge in [0.25, 0.3) is 5.91 Å². The fourth-order valence-electron chi connectivity index (χ4n) is 1.64. The third-order valence-corrected chi connectivity index (χ3v) is 3.01. The van der Waals surface area contributed by atoms with Crippen LogP contribution in [0.15, 0.2) is 53.6 Å². The Hall–Kier alpha value is -2.40. The molecule has 0 fully saturated rings. The van der Waals surface area contributed by atoms with Crippen molar-refractivity contribution in [3.63, 3.8) is 0 Å². The lowest BCUT2D eigenvalue weighted by atomic mass is 10.1. The number of nitrogens with one attached hydrogen (secondary N) is 1. The molecule has 0 unspecified atom stereocenters. The van der Waals surface area contributed by atoms with Crippen LogP contribution >= 0.6 is 11.6 Å². The Morgan fingerprint density at radius 3 is 2.68 bits per heavy atom. The molecule has 1 N–H and O–H groups in total. The number of hydrogen-bond acceptors (Lipinski definition) is 3. The third kappa shape index (κ3) is 4.86. The maximum Gasteiger partial charge on any atom is 0.277 e. The largest absolute Gasteiger partial charge is 0.484 e. The van der Waals surface area contributed by atoms with Crippen LogP contribution in [0.4, 0.5) is 4.39 Å². The summed E-state index contributed by atoms with van der Waals surface area (Å²) in [7, 11) is 0. The summed E-state index contributed by atoms with van der Waals surface area (Å²) >= 11 is 5.89. The molecule has 114 valence electrons. The van der Waals surface area contributed by atoms with Crippen LogP contribution < -0.4 is 10.2 Å². The van der Waals surface area contributed by atoms with Gasteiger partial charge in [0, 0.05) is 5.02 Å². The molecule has 0 heterocycles. The molecule has 1 amide bonds. The van der Waals surface area contributed by atoms with E-state index in [0.29, 0.717) is 16.5 Å². The van der Waals surface area contributed by atoms with Crippen LogP contribution in [0.2, 0.25) is 5.02 Å². The summed E-state index contributed by atoms with van der Waals surface area (Å²) < 4.78 is 17.9. The van der Waals surface area contributed by atoms with Gasteiger partial charge in [0.1, 0.15) is 11.6 Å².